The number of nitrogens with zero attached hydrogens (tertiary/aromatic N) is 6. The molecular weight excluding hydrogens is 408 g/mol. The van der Waals surface area contributed by atoms with Crippen molar-refractivity contribution in [2.45, 2.75) is 20.5 Å². The first-order chi connectivity index (χ1) is 16.2. The molecule has 6 nitrogen and oxygen atoms in total. The van der Waals surface area contributed by atoms with Crippen LogP contribution in [0.2, 0.25) is 0 Å². The fraction of sp³-hybridized carbons (Fsp3) is 0.111. The lowest BCUT2D eigenvalue weighted by Gasteiger charge is -2.11. The van der Waals surface area contributed by atoms with E-state index in [1.165, 1.54) is 32.9 Å². The lowest BCUT2D eigenvalue weighted by Crippen LogP contribution is -2.45. The minimum absolute atomic E-state index is 0.804. The van der Waals surface area contributed by atoms with Crippen molar-refractivity contribution in [3.8, 4) is 0 Å². The second-order valence-corrected chi connectivity index (χ2v) is 8.94. The second-order valence-electron chi connectivity index (χ2n) is 8.94. The van der Waals surface area contributed by atoms with E-state index < -0.39 is 0 Å². The summed E-state index contributed by atoms with van der Waals surface area (Å²) in [5.41, 5.74) is 10.3. The average molecular weight is 426 g/mol. The van der Waals surface area contributed by atoms with Gasteiger partial charge in [-0.25, -0.2) is 9.97 Å². The van der Waals surface area contributed by atoms with Crippen molar-refractivity contribution in [1.29, 1.82) is 0 Å². The molecule has 0 radical (unpaired) electrons. The van der Waals surface area contributed by atoms with Crippen LogP contribution >= 0.6 is 0 Å². The van der Waals surface area contributed by atoms with Crippen molar-refractivity contribution < 1.29 is 9.13 Å². The normalized spacial score (nSPS) is 13.0. The fourth-order valence-corrected chi connectivity index (χ4v) is 5.62. The minimum atomic E-state index is 0.804. The van der Waals surface area contributed by atoms with E-state index in [0.717, 1.165) is 50.5 Å². The highest BCUT2D eigenvalue weighted by Gasteiger charge is 2.35. The van der Waals surface area contributed by atoms with Gasteiger partial charge in [-0.3, -0.25) is 9.97 Å². The predicted octanol–water partition coefficient (Wildman–Crippen LogP) is 4.20. The third kappa shape index (κ3) is 1.99. The van der Waals surface area contributed by atoms with Gasteiger partial charge in [0.15, 0.2) is 12.4 Å². The Kier molecular flexibility index (Phi) is 2.99. The van der Waals surface area contributed by atoms with Crippen LogP contribution < -0.4 is 9.13 Å². The van der Waals surface area contributed by atoms with Crippen molar-refractivity contribution >= 4 is 65.7 Å². The van der Waals surface area contributed by atoms with Gasteiger partial charge in [0.2, 0.25) is 0 Å². The molecule has 5 aromatic heterocycles. The summed E-state index contributed by atoms with van der Waals surface area (Å²) in [5.74, 6) is 0. The highest BCUT2D eigenvalue weighted by atomic mass is 15.2. The summed E-state index contributed by atoms with van der Waals surface area (Å²) in [6, 6.07) is 12.4. The third-order valence-corrected chi connectivity index (χ3v) is 7.09. The van der Waals surface area contributed by atoms with Crippen molar-refractivity contribution in [2.24, 2.45) is 0 Å². The summed E-state index contributed by atoms with van der Waals surface area (Å²) in [5, 5.41) is 4.32. The van der Waals surface area contributed by atoms with Gasteiger partial charge in [-0.05, 0) is 49.2 Å². The van der Waals surface area contributed by atoms with Gasteiger partial charge in [0.1, 0.15) is 11.0 Å². The average Bonchev–Trinajstić information content (AvgIpc) is 3.23. The van der Waals surface area contributed by atoms with E-state index in [-0.39, 0.29) is 0 Å². The Hall–Kier alpha value is -4.32. The number of aromatic nitrogens is 6. The summed E-state index contributed by atoms with van der Waals surface area (Å²) in [6.07, 6.45) is 7.99. The van der Waals surface area contributed by atoms with Crippen LogP contribution in [0, 0.1) is 13.8 Å². The number of pyridine rings is 4. The molecular formula is C27H18N6+2. The van der Waals surface area contributed by atoms with Gasteiger partial charge in [-0.1, -0.05) is 0 Å². The topological polar surface area (TPSA) is 59.3 Å². The zero-order valence-corrected chi connectivity index (χ0v) is 18.2. The minimum Gasteiger partial charge on any atom is -0.254 e. The lowest BCUT2D eigenvalue weighted by atomic mass is 10.00. The zero-order valence-electron chi connectivity index (χ0n) is 18.2. The molecule has 0 bridgehead atoms. The molecule has 0 atom stereocenters. The molecule has 33 heavy (non-hydrogen) atoms. The maximum absolute atomic E-state index is 5.35. The van der Waals surface area contributed by atoms with E-state index in [9.17, 15) is 0 Å². The number of fused-ring (bicyclic) bond motifs is 9. The molecule has 154 valence electrons. The molecule has 0 fully saturated rings. The Bertz CT molecular complexity index is 1880. The molecule has 0 saturated heterocycles. The van der Waals surface area contributed by atoms with Gasteiger partial charge in [0, 0.05) is 35.3 Å². The van der Waals surface area contributed by atoms with Gasteiger partial charge < -0.3 is 0 Å². The zero-order chi connectivity index (χ0) is 21.8. The van der Waals surface area contributed by atoms with E-state index in [1.807, 2.05) is 24.5 Å². The van der Waals surface area contributed by atoms with E-state index >= 15 is 0 Å². The van der Waals surface area contributed by atoms with Crippen molar-refractivity contribution in [1.82, 2.24) is 19.9 Å². The molecule has 0 aliphatic carbocycles. The van der Waals surface area contributed by atoms with Gasteiger partial charge >= 0.3 is 6.67 Å². The first-order valence-electron chi connectivity index (χ1n) is 11.1. The van der Waals surface area contributed by atoms with Crippen LogP contribution in [0.4, 0.5) is 0 Å². The van der Waals surface area contributed by atoms with Crippen LogP contribution in [0.3, 0.4) is 0 Å². The number of hydrogen-bond acceptors (Lipinski definition) is 4. The van der Waals surface area contributed by atoms with E-state index in [0.29, 0.717) is 0 Å². The maximum atomic E-state index is 5.35. The summed E-state index contributed by atoms with van der Waals surface area (Å²) in [7, 11) is 0. The Morgan fingerprint density at radius 3 is 1.58 bits per heavy atom. The molecule has 0 saturated carbocycles. The third-order valence-electron chi connectivity index (χ3n) is 7.09. The van der Waals surface area contributed by atoms with Crippen LogP contribution in [-0.4, -0.2) is 19.9 Å². The first-order valence-corrected chi connectivity index (χ1v) is 11.1. The number of rotatable bonds is 0. The fourth-order valence-electron chi connectivity index (χ4n) is 5.62. The molecule has 0 N–H and O–H groups in total. The molecule has 0 unspecified atom stereocenters. The van der Waals surface area contributed by atoms with Crippen LogP contribution in [0.1, 0.15) is 11.1 Å². The van der Waals surface area contributed by atoms with Gasteiger partial charge in [0.05, 0.1) is 32.8 Å². The first kappa shape index (κ1) is 17.3. The number of hydrogen-bond donors (Lipinski definition) is 0. The molecule has 1 aliphatic rings. The molecule has 7 aromatic rings. The Morgan fingerprint density at radius 1 is 0.606 bits per heavy atom. The summed E-state index contributed by atoms with van der Waals surface area (Å²) in [4.78, 5) is 20.0. The molecule has 6 heterocycles. The van der Waals surface area contributed by atoms with Gasteiger partial charge in [0.25, 0.3) is 11.0 Å². The largest absolute Gasteiger partial charge is 0.345 e. The van der Waals surface area contributed by atoms with Crippen molar-refractivity contribution in [3.63, 3.8) is 0 Å². The lowest BCUT2D eigenvalue weighted by molar-refractivity contribution is -0.872. The second kappa shape index (κ2) is 5.72. The Morgan fingerprint density at radius 2 is 1.09 bits per heavy atom. The number of benzene rings is 2. The Labute approximate surface area is 187 Å². The highest BCUT2D eigenvalue weighted by molar-refractivity contribution is 6.26. The Balaban J connectivity index is 1.77. The number of aryl methyl sites for hydroxylation is 2. The molecule has 6 heteroatoms. The van der Waals surface area contributed by atoms with E-state index in [4.69, 9.17) is 9.97 Å². The standard InChI is InChI=1S/C27H18N6/c1-14-7-11-32-13-33-12-8-15(2)19-25-24(18(14)26(32)27(19)33)30-22-16-5-3-9-28-20(16)21-17(23(22)31-25)6-4-10-29-21/h3-12H,13H2,1-2H3/q+2. The molecule has 8 rings (SSSR count). The van der Waals surface area contributed by atoms with Crippen LogP contribution in [0.15, 0.2) is 61.2 Å². The van der Waals surface area contributed by atoms with Crippen molar-refractivity contribution in [2.75, 3.05) is 0 Å². The van der Waals surface area contributed by atoms with Gasteiger partial charge in [-0.15, -0.1) is 9.13 Å². The SMILES string of the molecule is Cc1cc[n+]2c3c1c1nc4c5cccnc5c5ncccc5c4nc1c1c(C)cc[n+](c13)C2. The van der Waals surface area contributed by atoms with Crippen LogP contribution in [0.5, 0.6) is 0 Å². The monoisotopic (exact) mass is 426 g/mol. The van der Waals surface area contributed by atoms with E-state index in [2.05, 4.69) is 69.6 Å². The molecule has 0 spiro atoms. The predicted molar refractivity (Wildman–Crippen MR) is 128 cm³/mol. The molecule has 1 aliphatic heterocycles. The summed E-state index contributed by atoms with van der Waals surface area (Å²) < 4.78 is 4.64. The van der Waals surface area contributed by atoms with Crippen molar-refractivity contribution in [3.05, 3.63) is 72.3 Å². The van der Waals surface area contributed by atoms with Crippen LogP contribution in [-0.2, 0) is 6.67 Å². The summed E-state index contributed by atoms with van der Waals surface area (Å²) >= 11 is 0. The smallest absolute Gasteiger partial charge is 0.254 e. The van der Waals surface area contributed by atoms with E-state index in [1.54, 1.807) is 0 Å². The quantitative estimate of drug-likeness (QED) is 0.207. The molecule has 2 aromatic carbocycles. The summed E-state index contributed by atoms with van der Waals surface area (Å²) in [6.45, 7) is 5.14. The maximum Gasteiger partial charge on any atom is 0.345 e. The van der Waals surface area contributed by atoms with Crippen LogP contribution in [0.25, 0.3) is 65.7 Å². The molecule has 0 amide bonds. The van der Waals surface area contributed by atoms with Gasteiger partial charge in [-0.2, -0.15) is 0 Å². The highest BCUT2D eigenvalue weighted by Crippen LogP contribution is 2.38.